The molecule has 5 heteroatoms. The zero-order valence-corrected chi connectivity index (χ0v) is 15.0. The summed E-state index contributed by atoms with van der Waals surface area (Å²) in [5.74, 6) is -0.0428. The van der Waals surface area contributed by atoms with Gasteiger partial charge < -0.3 is 4.90 Å². The van der Waals surface area contributed by atoms with Crippen molar-refractivity contribution in [3.05, 3.63) is 76.9 Å². The van der Waals surface area contributed by atoms with Crippen LogP contribution in [0.5, 0.6) is 0 Å². The number of benzene rings is 1. The van der Waals surface area contributed by atoms with Crippen molar-refractivity contribution in [2.24, 2.45) is 0 Å². The Kier molecular flexibility index (Phi) is 4.65. The van der Waals surface area contributed by atoms with Crippen molar-refractivity contribution < 1.29 is 4.79 Å². The van der Waals surface area contributed by atoms with E-state index in [0.717, 1.165) is 28.3 Å². The van der Waals surface area contributed by atoms with Crippen molar-refractivity contribution in [3.8, 4) is 5.69 Å². The highest BCUT2D eigenvalue weighted by molar-refractivity contribution is 5.93. The van der Waals surface area contributed by atoms with Crippen molar-refractivity contribution in [1.82, 2.24) is 19.7 Å². The third kappa shape index (κ3) is 3.45. The van der Waals surface area contributed by atoms with Gasteiger partial charge in [-0.05, 0) is 45.0 Å². The third-order valence-corrected chi connectivity index (χ3v) is 4.34. The summed E-state index contributed by atoms with van der Waals surface area (Å²) in [6.45, 7) is 6.43. The molecular weight excluding hydrogens is 312 g/mol. The smallest absolute Gasteiger partial charge is 0.255 e. The number of rotatable bonds is 4. The highest BCUT2D eigenvalue weighted by Gasteiger charge is 2.18. The van der Waals surface area contributed by atoms with E-state index in [-0.39, 0.29) is 5.91 Å². The Labute approximate surface area is 147 Å². The molecule has 0 radical (unpaired) electrons. The minimum Gasteiger partial charge on any atom is -0.337 e. The van der Waals surface area contributed by atoms with Crippen molar-refractivity contribution in [3.63, 3.8) is 0 Å². The maximum Gasteiger partial charge on any atom is 0.255 e. The summed E-state index contributed by atoms with van der Waals surface area (Å²) >= 11 is 0. The van der Waals surface area contributed by atoms with Crippen LogP contribution >= 0.6 is 0 Å². The molecule has 0 aliphatic carbocycles. The molecule has 0 bridgehead atoms. The number of amides is 1. The lowest BCUT2D eigenvalue weighted by molar-refractivity contribution is 0.0784. The van der Waals surface area contributed by atoms with Crippen LogP contribution in [0.1, 0.15) is 33.0 Å². The fourth-order valence-electron chi connectivity index (χ4n) is 2.85. The van der Waals surface area contributed by atoms with E-state index in [4.69, 9.17) is 0 Å². The van der Waals surface area contributed by atoms with Gasteiger partial charge in [-0.3, -0.25) is 9.78 Å². The minimum atomic E-state index is -0.0428. The summed E-state index contributed by atoms with van der Waals surface area (Å²) in [6.07, 6.45) is 1.63. The van der Waals surface area contributed by atoms with Gasteiger partial charge in [0.2, 0.25) is 0 Å². The van der Waals surface area contributed by atoms with Crippen molar-refractivity contribution in [2.45, 2.75) is 27.3 Å². The Morgan fingerprint density at radius 3 is 2.44 bits per heavy atom. The molecule has 0 fully saturated rings. The Bertz CT molecular complexity index is 882. The Hall–Kier alpha value is -2.95. The summed E-state index contributed by atoms with van der Waals surface area (Å²) in [5.41, 5.74) is 5.56. The van der Waals surface area contributed by atoms with Gasteiger partial charge in [0, 0.05) is 36.7 Å². The second-order valence-electron chi connectivity index (χ2n) is 6.25. The molecule has 0 saturated carbocycles. The topological polar surface area (TPSA) is 51.0 Å². The summed E-state index contributed by atoms with van der Waals surface area (Å²) in [7, 11) is 1.81. The van der Waals surface area contributed by atoms with E-state index in [9.17, 15) is 4.79 Å². The van der Waals surface area contributed by atoms with Gasteiger partial charge in [0.05, 0.1) is 16.9 Å². The SMILES string of the molecule is Cc1ccc(C(=O)N(C)Cc2c(C)nn(-c3ccccc3)c2C)cn1. The number of aromatic nitrogens is 3. The van der Waals surface area contributed by atoms with Crippen LogP contribution in [0.4, 0.5) is 0 Å². The molecule has 0 aliphatic heterocycles. The van der Waals surface area contributed by atoms with E-state index in [1.54, 1.807) is 18.1 Å². The number of hydrogen-bond acceptors (Lipinski definition) is 3. The van der Waals surface area contributed by atoms with E-state index in [2.05, 4.69) is 10.1 Å². The molecule has 25 heavy (non-hydrogen) atoms. The van der Waals surface area contributed by atoms with Crippen molar-refractivity contribution in [1.29, 1.82) is 0 Å². The molecule has 128 valence electrons. The van der Waals surface area contributed by atoms with Crippen LogP contribution in [0, 0.1) is 20.8 Å². The van der Waals surface area contributed by atoms with E-state index < -0.39 is 0 Å². The second kappa shape index (κ2) is 6.89. The first-order chi connectivity index (χ1) is 12.0. The lowest BCUT2D eigenvalue weighted by Crippen LogP contribution is -2.26. The molecule has 1 aromatic carbocycles. The number of aryl methyl sites for hydroxylation is 2. The minimum absolute atomic E-state index is 0.0428. The summed E-state index contributed by atoms with van der Waals surface area (Å²) in [6, 6.07) is 13.7. The van der Waals surface area contributed by atoms with Gasteiger partial charge in [-0.25, -0.2) is 4.68 Å². The molecule has 1 amide bonds. The molecule has 0 atom stereocenters. The predicted octanol–water partition coefficient (Wildman–Crippen LogP) is 3.46. The van der Waals surface area contributed by atoms with Crippen LogP contribution < -0.4 is 0 Å². The number of carbonyl (C=O) groups is 1. The number of carbonyl (C=O) groups excluding carboxylic acids is 1. The Morgan fingerprint density at radius 1 is 1.08 bits per heavy atom. The molecule has 2 aromatic heterocycles. The molecule has 0 aliphatic rings. The Balaban J connectivity index is 1.84. The maximum atomic E-state index is 12.6. The molecular formula is C20H22N4O. The highest BCUT2D eigenvalue weighted by Crippen LogP contribution is 2.20. The summed E-state index contributed by atoms with van der Waals surface area (Å²) in [4.78, 5) is 18.5. The van der Waals surface area contributed by atoms with E-state index in [0.29, 0.717) is 12.1 Å². The highest BCUT2D eigenvalue weighted by atomic mass is 16.2. The van der Waals surface area contributed by atoms with Gasteiger partial charge >= 0.3 is 0 Å². The zero-order chi connectivity index (χ0) is 18.0. The molecule has 0 unspecified atom stereocenters. The average Bonchev–Trinajstić information content (AvgIpc) is 2.90. The van der Waals surface area contributed by atoms with E-state index >= 15 is 0 Å². The van der Waals surface area contributed by atoms with E-state index in [1.807, 2.05) is 67.9 Å². The van der Waals surface area contributed by atoms with Gasteiger partial charge in [0.25, 0.3) is 5.91 Å². The first kappa shape index (κ1) is 16.9. The van der Waals surface area contributed by atoms with Gasteiger partial charge in [0.15, 0.2) is 0 Å². The fraction of sp³-hybridized carbons (Fsp3) is 0.250. The number of pyridine rings is 1. The second-order valence-corrected chi connectivity index (χ2v) is 6.25. The van der Waals surface area contributed by atoms with Crippen molar-refractivity contribution >= 4 is 5.91 Å². The quantitative estimate of drug-likeness (QED) is 0.734. The molecule has 0 spiro atoms. The monoisotopic (exact) mass is 334 g/mol. The maximum absolute atomic E-state index is 12.6. The predicted molar refractivity (Wildman–Crippen MR) is 97.8 cm³/mol. The van der Waals surface area contributed by atoms with Crippen LogP contribution in [-0.2, 0) is 6.54 Å². The molecule has 5 nitrogen and oxygen atoms in total. The van der Waals surface area contributed by atoms with E-state index in [1.165, 1.54) is 0 Å². The third-order valence-electron chi connectivity index (χ3n) is 4.34. The lowest BCUT2D eigenvalue weighted by Gasteiger charge is -2.17. The summed E-state index contributed by atoms with van der Waals surface area (Å²) < 4.78 is 1.93. The van der Waals surface area contributed by atoms with Crippen LogP contribution in [-0.4, -0.2) is 32.6 Å². The molecule has 0 saturated heterocycles. The van der Waals surface area contributed by atoms with Crippen LogP contribution in [0.3, 0.4) is 0 Å². The largest absolute Gasteiger partial charge is 0.337 e. The van der Waals surface area contributed by atoms with Crippen LogP contribution in [0.25, 0.3) is 5.69 Å². The fourth-order valence-corrected chi connectivity index (χ4v) is 2.85. The van der Waals surface area contributed by atoms with Crippen LogP contribution in [0.2, 0.25) is 0 Å². The molecule has 0 N–H and O–H groups in total. The normalized spacial score (nSPS) is 10.7. The average molecular weight is 334 g/mol. The standard InChI is InChI=1S/C20H22N4O/c1-14-10-11-17(12-21-14)20(25)23(4)13-19-15(2)22-24(16(19)3)18-8-6-5-7-9-18/h5-12H,13H2,1-4H3. The number of para-hydroxylation sites is 1. The first-order valence-corrected chi connectivity index (χ1v) is 8.26. The van der Waals surface area contributed by atoms with Gasteiger partial charge in [-0.15, -0.1) is 0 Å². The van der Waals surface area contributed by atoms with Gasteiger partial charge in [-0.2, -0.15) is 5.10 Å². The van der Waals surface area contributed by atoms with Crippen LogP contribution in [0.15, 0.2) is 48.7 Å². The number of nitrogens with zero attached hydrogens (tertiary/aromatic N) is 4. The van der Waals surface area contributed by atoms with Gasteiger partial charge in [0.1, 0.15) is 0 Å². The molecule has 3 rings (SSSR count). The van der Waals surface area contributed by atoms with Crippen molar-refractivity contribution in [2.75, 3.05) is 7.05 Å². The first-order valence-electron chi connectivity index (χ1n) is 8.26. The molecule has 3 aromatic rings. The summed E-state index contributed by atoms with van der Waals surface area (Å²) in [5, 5.41) is 4.64. The molecule has 2 heterocycles. The number of hydrogen-bond donors (Lipinski definition) is 0. The van der Waals surface area contributed by atoms with Gasteiger partial charge in [-0.1, -0.05) is 18.2 Å². The lowest BCUT2D eigenvalue weighted by atomic mass is 10.1. The Morgan fingerprint density at radius 2 is 1.80 bits per heavy atom. The zero-order valence-electron chi connectivity index (χ0n) is 15.0.